The Morgan fingerprint density at radius 3 is 2.27 bits per heavy atom. The van der Waals surface area contributed by atoms with Crippen LogP contribution in [-0.2, 0) is 14.8 Å². The molecule has 3 aromatic carbocycles. The molecular formula is C26H29N3O3S. The van der Waals surface area contributed by atoms with E-state index in [4.69, 9.17) is 0 Å². The Hall–Kier alpha value is -3.45. The number of carbonyl (C=O) groups is 1. The molecule has 33 heavy (non-hydrogen) atoms. The van der Waals surface area contributed by atoms with Gasteiger partial charge in [-0.3, -0.25) is 9.10 Å². The minimum atomic E-state index is -3.96. The lowest BCUT2D eigenvalue weighted by molar-refractivity contribution is -0.119. The lowest BCUT2D eigenvalue weighted by atomic mass is 10.00. The number of hydrogen-bond acceptors (Lipinski definition) is 4. The fourth-order valence-electron chi connectivity index (χ4n) is 3.39. The molecule has 0 fully saturated rings. The number of rotatable bonds is 7. The normalized spacial score (nSPS) is 11.5. The molecule has 0 unspecified atom stereocenters. The highest BCUT2D eigenvalue weighted by Crippen LogP contribution is 2.24. The molecule has 3 rings (SSSR count). The Kier molecular flexibility index (Phi) is 7.33. The monoisotopic (exact) mass is 463 g/mol. The van der Waals surface area contributed by atoms with Crippen LogP contribution in [0.2, 0.25) is 0 Å². The minimum Gasteiger partial charge on any atom is -0.271 e. The number of hydrazone groups is 1. The Morgan fingerprint density at radius 1 is 0.909 bits per heavy atom. The fraction of sp³-hybridized carbons (Fsp3) is 0.231. The third-order valence-corrected chi connectivity index (χ3v) is 7.47. The van der Waals surface area contributed by atoms with Crippen LogP contribution in [0.5, 0.6) is 0 Å². The minimum absolute atomic E-state index is 0.122. The van der Waals surface area contributed by atoms with Crippen molar-refractivity contribution in [3.05, 3.63) is 94.0 Å². The van der Waals surface area contributed by atoms with Gasteiger partial charge < -0.3 is 0 Å². The largest absolute Gasteiger partial charge is 0.271 e. The highest BCUT2D eigenvalue weighted by molar-refractivity contribution is 7.92. The number of nitrogens with one attached hydrogen (secondary N) is 1. The second-order valence-electron chi connectivity index (χ2n) is 8.18. The second kappa shape index (κ2) is 10.0. The quantitative estimate of drug-likeness (QED) is 0.412. The summed E-state index contributed by atoms with van der Waals surface area (Å²) in [6.07, 6.45) is 1.57. The Bertz CT molecular complexity index is 1300. The predicted molar refractivity (Wildman–Crippen MR) is 133 cm³/mol. The first-order chi connectivity index (χ1) is 15.6. The summed E-state index contributed by atoms with van der Waals surface area (Å²) in [5, 5.41) is 4.06. The maximum Gasteiger partial charge on any atom is 0.264 e. The van der Waals surface area contributed by atoms with Gasteiger partial charge in [-0.05, 0) is 86.7 Å². The molecule has 0 aliphatic carbocycles. The molecule has 3 aromatic rings. The van der Waals surface area contributed by atoms with Crippen LogP contribution in [0.1, 0.15) is 33.4 Å². The van der Waals surface area contributed by atoms with E-state index < -0.39 is 22.5 Å². The molecule has 0 saturated heterocycles. The van der Waals surface area contributed by atoms with Crippen molar-refractivity contribution < 1.29 is 13.2 Å². The van der Waals surface area contributed by atoms with Crippen LogP contribution in [0.15, 0.2) is 70.7 Å². The van der Waals surface area contributed by atoms with Gasteiger partial charge in [0, 0.05) is 0 Å². The molecule has 0 aliphatic rings. The third kappa shape index (κ3) is 5.68. The molecule has 0 bridgehead atoms. The van der Waals surface area contributed by atoms with Crippen LogP contribution in [0, 0.1) is 34.6 Å². The van der Waals surface area contributed by atoms with Gasteiger partial charge in [0.05, 0.1) is 16.8 Å². The summed E-state index contributed by atoms with van der Waals surface area (Å²) in [7, 11) is -3.96. The van der Waals surface area contributed by atoms with Gasteiger partial charge in [0.1, 0.15) is 6.54 Å². The van der Waals surface area contributed by atoms with E-state index >= 15 is 0 Å². The average molecular weight is 464 g/mol. The summed E-state index contributed by atoms with van der Waals surface area (Å²) in [5.74, 6) is -0.537. The van der Waals surface area contributed by atoms with Crippen molar-refractivity contribution in [3.8, 4) is 0 Å². The number of aryl methyl sites for hydroxylation is 3. The van der Waals surface area contributed by atoms with Gasteiger partial charge in [0.2, 0.25) is 0 Å². The van der Waals surface area contributed by atoms with E-state index in [1.54, 1.807) is 48.7 Å². The molecule has 1 N–H and O–H groups in total. The van der Waals surface area contributed by atoms with E-state index in [0.29, 0.717) is 5.69 Å². The Labute approximate surface area is 196 Å². The summed E-state index contributed by atoms with van der Waals surface area (Å²) < 4.78 is 27.9. The molecule has 172 valence electrons. The van der Waals surface area contributed by atoms with Gasteiger partial charge in [-0.1, -0.05) is 42.0 Å². The smallest absolute Gasteiger partial charge is 0.264 e. The Morgan fingerprint density at radius 2 is 1.61 bits per heavy atom. The molecular weight excluding hydrogens is 434 g/mol. The summed E-state index contributed by atoms with van der Waals surface area (Å²) in [5.41, 5.74) is 9.04. The maximum absolute atomic E-state index is 13.4. The maximum atomic E-state index is 13.4. The zero-order valence-corrected chi connectivity index (χ0v) is 20.4. The summed E-state index contributed by atoms with van der Waals surface area (Å²) in [6.45, 7) is 9.44. The SMILES string of the molecule is Cc1ccc(S(=O)(=O)N(CC(=O)N/N=C\c2ccc(C)c(C)c2C)c2cccc(C)c2)cc1. The predicted octanol–water partition coefficient (Wildman–Crippen LogP) is 4.57. The van der Waals surface area contributed by atoms with Crippen molar-refractivity contribution in [3.63, 3.8) is 0 Å². The van der Waals surface area contributed by atoms with Crippen molar-refractivity contribution >= 4 is 27.8 Å². The average Bonchev–Trinajstić information content (AvgIpc) is 2.77. The van der Waals surface area contributed by atoms with E-state index in [0.717, 1.165) is 26.6 Å². The first kappa shape index (κ1) is 24.2. The fourth-order valence-corrected chi connectivity index (χ4v) is 4.80. The van der Waals surface area contributed by atoms with E-state index in [1.165, 1.54) is 11.1 Å². The van der Waals surface area contributed by atoms with Crippen LogP contribution in [0.3, 0.4) is 0 Å². The number of benzene rings is 3. The molecule has 1 amide bonds. The molecule has 0 radical (unpaired) electrons. The number of hydrogen-bond donors (Lipinski definition) is 1. The molecule has 7 heteroatoms. The first-order valence-corrected chi connectivity index (χ1v) is 12.1. The number of sulfonamides is 1. The van der Waals surface area contributed by atoms with Crippen LogP contribution in [0.4, 0.5) is 5.69 Å². The lowest BCUT2D eigenvalue weighted by Gasteiger charge is -2.24. The van der Waals surface area contributed by atoms with Crippen molar-refractivity contribution in [2.75, 3.05) is 10.8 Å². The topological polar surface area (TPSA) is 78.8 Å². The van der Waals surface area contributed by atoms with Crippen molar-refractivity contribution in [1.82, 2.24) is 5.43 Å². The van der Waals surface area contributed by atoms with E-state index in [-0.39, 0.29) is 4.90 Å². The van der Waals surface area contributed by atoms with Gasteiger partial charge in [-0.2, -0.15) is 5.10 Å². The van der Waals surface area contributed by atoms with Gasteiger partial charge in [0.25, 0.3) is 15.9 Å². The number of carbonyl (C=O) groups excluding carboxylic acids is 1. The Balaban J connectivity index is 1.85. The number of nitrogens with zero attached hydrogens (tertiary/aromatic N) is 2. The standard InChI is InChI=1S/C26H29N3O3S/c1-18-9-13-25(14-10-18)33(31,32)29(24-8-6-7-19(2)15-24)17-26(30)28-27-16-23-12-11-20(3)21(4)22(23)5/h6-16H,17H2,1-5H3,(H,28,30)/b27-16-. The van der Waals surface area contributed by atoms with Gasteiger partial charge in [0.15, 0.2) is 0 Å². The first-order valence-electron chi connectivity index (χ1n) is 10.6. The van der Waals surface area contributed by atoms with E-state index in [9.17, 15) is 13.2 Å². The second-order valence-corrected chi connectivity index (χ2v) is 10.0. The molecule has 0 spiro atoms. The van der Waals surface area contributed by atoms with Crippen LogP contribution in [-0.4, -0.2) is 27.1 Å². The van der Waals surface area contributed by atoms with Gasteiger partial charge in [-0.15, -0.1) is 0 Å². The highest BCUT2D eigenvalue weighted by Gasteiger charge is 2.27. The molecule has 0 saturated carbocycles. The third-order valence-electron chi connectivity index (χ3n) is 5.68. The van der Waals surface area contributed by atoms with Crippen molar-refractivity contribution in [1.29, 1.82) is 0 Å². The zero-order valence-electron chi connectivity index (χ0n) is 19.6. The summed E-state index contributed by atoms with van der Waals surface area (Å²) in [4.78, 5) is 12.8. The number of amides is 1. The molecule has 0 atom stereocenters. The molecule has 0 aliphatic heterocycles. The van der Waals surface area contributed by atoms with Crippen molar-refractivity contribution in [2.24, 2.45) is 5.10 Å². The van der Waals surface area contributed by atoms with E-state index in [1.807, 2.05) is 52.8 Å². The van der Waals surface area contributed by atoms with Gasteiger partial charge >= 0.3 is 0 Å². The van der Waals surface area contributed by atoms with Crippen LogP contribution in [0.25, 0.3) is 0 Å². The van der Waals surface area contributed by atoms with Gasteiger partial charge in [-0.25, -0.2) is 13.8 Å². The number of anilines is 1. The molecule has 6 nitrogen and oxygen atoms in total. The van der Waals surface area contributed by atoms with Crippen molar-refractivity contribution in [2.45, 2.75) is 39.5 Å². The zero-order chi connectivity index (χ0) is 24.2. The van der Waals surface area contributed by atoms with Crippen LogP contribution >= 0.6 is 0 Å². The highest BCUT2D eigenvalue weighted by atomic mass is 32.2. The molecule has 0 aromatic heterocycles. The molecule has 0 heterocycles. The van der Waals surface area contributed by atoms with Crippen LogP contribution < -0.4 is 9.73 Å². The lowest BCUT2D eigenvalue weighted by Crippen LogP contribution is -2.39. The van der Waals surface area contributed by atoms with E-state index in [2.05, 4.69) is 10.5 Å². The summed E-state index contributed by atoms with van der Waals surface area (Å²) in [6, 6.07) is 17.5. The summed E-state index contributed by atoms with van der Waals surface area (Å²) >= 11 is 0.